The van der Waals surface area contributed by atoms with Crippen molar-refractivity contribution in [3.63, 3.8) is 0 Å². The summed E-state index contributed by atoms with van der Waals surface area (Å²) in [5, 5.41) is 0. The van der Waals surface area contributed by atoms with Crippen LogP contribution in [0.4, 0.5) is 0 Å². The van der Waals surface area contributed by atoms with Gasteiger partial charge in [0.15, 0.2) is 0 Å². The van der Waals surface area contributed by atoms with Gasteiger partial charge in [0.25, 0.3) is 0 Å². The van der Waals surface area contributed by atoms with Gasteiger partial charge in [0.2, 0.25) is 0 Å². The van der Waals surface area contributed by atoms with Crippen LogP contribution in [0.5, 0.6) is 0 Å². The monoisotopic (exact) mass is 169 g/mol. The molecule has 3 unspecified atom stereocenters. The van der Waals surface area contributed by atoms with Gasteiger partial charge in [-0.05, 0) is 36.5 Å². The van der Waals surface area contributed by atoms with Crippen LogP contribution in [0.3, 0.4) is 0 Å². The highest BCUT2D eigenvalue weighted by Crippen LogP contribution is 2.39. The quantitative estimate of drug-likeness (QED) is 0.593. The first-order valence-corrected chi connectivity index (χ1v) is 5.17. The predicted octanol–water partition coefficient (Wildman–Crippen LogP) is 2.80. The molecule has 1 heteroatoms. The van der Waals surface area contributed by atoms with Crippen molar-refractivity contribution in [2.75, 3.05) is 0 Å². The molecule has 1 saturated carbocycles. The van der Waals surface area contributed by atoms with Crippen molar-refractivity contribution in [1.82, 2.24) is 0 Å². The van der Waals surface area contributed by atoms with Crippen LogP contribution in [-0.2, 0) is 0 Å². The Bertz CT molecular complexity index is 146. The fraction of sp³-hybridized carbons (Fsp3) is 1.00. The molecule has 0 bridgehead atoms. The summed E-state index contributed by atoms with van der Waals surface area (Å²) in [5.74, 6) is 1.61. The lowest BCUT2D eigenvalue weighted by atomic mass is 9.67. The molecule has 2 N–H and O–H groups in total. The highest BCUT2D eigenvalue weighted by molar-refractivity contribution is 4.87. The molecule has 1 nitrogen and oxygen atoms in total. The molecular formula is C11H23N. The van der Waals surface area contributed by atoms with E-state index in [2.05, 4.69) is 27.7 Å². The zero-order valence-corrected chi connectivity index (χ0v) is 8.93. The Kier molecular flexibility index (Phi) is 2.82. The molecule has 0 spiro atoms. The number of hydrogen-bond acceptors (Lipinski definition) is 1. The summed E-state index contributed by atoms with van der Waals surface area (Å²) in [6.07, 6.45) is 3.88. The van der Waals surface area contributed by atoms with Gasteiger partial charge in [0, 0.05) is 6.04 Å². The lowest BCUT2D eigenvalue weighted by molar-refractivity contribution is 0.124. The van der Waals surface area contributed by atoms with E-state index in [1.165, 1.54) is 19.3 Å². The van der Waals surface area contributed by atoms with E-state index in [1.807, 2.05) is 0 Å². The summed E-state index contributed by atoms with van der Waals surface area (Å²) in [6.45, 7) is 9.30. The summed E-state index contributed by atoms with van der Waals surface area (Å²) in [4.78, 5) is 0. The topological polar surface area (TPSA) is 26.0 Å². The molecule has 0 aromatic heterocycles. The van der Waals surface area contributed by atoms with Crippen LogP contribution < -0.4 is 5.73 Å². The Balaban J connectivity index is 2.61. The summed E-state index contributed by atoms with van der Waals surface area (Å²) in [6, 6.07) is 0.446. The van der Waals surface area contributed by atoms with E-state index in [1.54, 1.807) is 0 Å². The largest absolute Gasteiger partial charge is 0.327 e. The normalized spacial score (nSPS) is 38.2. The molecule has 0 radical (unpaired) electrons. The number of hydrogen-bond donors (Lipinski definition) is 1. The van der Waals surface area contributed by atoms with Gasteiger partial charge in [-0.1, -0.05) is 27.7 Å². The minimum Gasteiger partial charge on any atom is -0.327 e. The van der Waals surface area contributed by atoms with Gasteiger partial charge in [-0.25, -0.2) is 0 Å². The van der Waals surface area contributed by atoms with Crippen molar-refractivity contribution in [2.45, 2.75) is 53.0 Å². The van der Waals surface area contributed by atoms with Gasteiger partial charge in [0.1, 0.15) is 0 Å². The Morgan fingerprint density at radius 3 is 2.17 bits per heavy atom. The lowest BCUT2D eigenvalue weighted by Gasteiger charge is -2.41. The van der Waals surface area contributed by atoms with Crippen molar-refractivity contribution >= 4 is 0 Å². The third-order valence-electron chi connectivity index (χ3n) is 3.28. The zero-order valence-electron chi connectivity index (χ0n) is 8.93. The van der Waals surface area contributed by atoms with Gasteiger partial charge < -0.3 is 5.73 Å². The van der Waals surface area contributed by atoms with Crippen LogP contribution in [0.2, 0.25) is 0 Å². The maximum absolute atomic E-state index is 6.13. The van der Waals surface area contributed by atoms with E-state index < -0.39 is 0 Å². The third kappa shape index (κ3) is 2.22. The van der Waals surface area contributed by atoms with E-state index in [4.69, 9.17) is 5.73 Å². The highest BCUT2D eigenvalue weighted by Gasteiger charge is 2.34. The fourth-order valence-corrected chi connectivity index (χ4v) is 2.40. The van der Waals surface area contributed by atoms with Crippen molar-refractivity contribution in [3.05, 3.63) is 0 Å². The second kappa shape index (κ2) is 3.37. The van der Waals surface area contributed by atoms with Crippen LogP contribution in [0.15, 0.2) is 0 Å². The maximum Gasteiger partial charge on any atom is 0.00723 e. The van der Waals surface area contributed by atoms with E-state index in [-0.39, 0.29) is 0 Å². The summed E-state index contributed by atoms with van der Waals surface area (Å²) in [7, 11) is 0. The molecule has 1 aliphatic rings. The molecule has 0 amide bonds. The van der Waals surface area contributed by atoms with Gasteiger partial charge in [0.05, 0.1) is 0 Å². The predicted molar refractivity (Wildman–Crippen MR) is 53.9 cm³/mol. The molecule has 12 heavy (non-hydrogen) atoms. The van der Waals surface area contributed by atoms with Crippen molar-refractivity contribution in [3.8, 4) is 0 Å². The van der Waals surface area contributed by atoms with Crippen LogP contribution in [-0.4, -0.2) is 6.04 Å². The molecule has 1 fully saturated rings. The van der Waals surface area contributed by atoms with E-state index in [0.717, 1.165) is 11.8 Å². The average Bonchev–Trinajstić information content (AvgIpc) is 1.92. The number of nitrogens with two attached hydrogens (primary N) is 1. The summed E-state index contributed by atoms with van der Waals surface area (Å²) >= 11 is 0. The fourth-order valence-electron chi connectivity index (χ4n) is 2.40. The molecule has 3 atom stereocenters. The molecule has 0 heterocycles. The van der Waals surface area contributed by atoms with E-state index in [9.17, 15) is 0 Å². The van der Waals surface area contributed by atoms with Crippen LogP contribution in [0.1, 0.15) is 47.0 Å². The maximum atomic E-state index is 6.13. The first-order chi connectivity index (χ1) is 5.41. The average molecular weight is 169 g/mol. The smallest absolute Gasteiger partial charge is 0.00723 e. The Morgan fingerprint density at radius 1 is 1.17 bits per heavy atom. The van der Waals surface area contributed by atoms with E-state index in [0.29, 0.717) is 11.5 Å². The Labute approximate surface area is 76.7 Å². The molecule has 0 aliphatic heterocycles. The van der Waals surface area contributed by atoms with Crippen molar-refractivity contribution in [1.29, 1.82) is 0 Å². The zero-order chi connectivity index (χ0) is 9.35. The first-order valence-electron chi connectivity index (χ1n) is 5.17. The molecule has 0 saturated heterocycles. The molecule has 0 aromatic carbocycles. The van der Waals surface area contributed by atoms with Crippen LogP contribution >= 0.6 is 0 Å². The standard InChI is InChI=1S/C11H23N/c1-8-5-6-10(12)9(7-8)11(2,3)4/h8-10H,5-7,12H2,1-4H3. The minimum atomic E-state index is 0.397. The minimum absolute atomic E-state index is 0.397. The summed E-state index contributed by atoms with van der Waals surface area (Å²) < 4.78 is 0. The third-order valence-corrected chi connectivity index (χ3v) is 3.28. The second-order valence-electron chi connectivity index (χ2n) is 5.55. The van der Waals surface area contributed by atoms with Gasteiger partial charge >= 0.3 is 0 Å². The highest BCUT2D eigenvalue weighted by atomic mass is 14.7. The van der Waals surface area contributed by atoms with Crippen LogP contribution in [0.25, 0.3) is 0 Å². The van der Waals surface area contributed by atoms with Gasteiger partial charge in [-0.3, -0.25) is 0 Å². The first kappa shape index (κ1) is 10.0. The lowest BCUT2D eigenvalue weighted by Crippen LogP contribution is -2.42. The molecule has 1 rings (SSSR count). The SMILES string of the molecule is CC1CCC(N)C(C(C)(C)C)C1. The molecule has 0 aromatic rings. The number of rotatable bonds is 0. The molecule has 72 valence electrons. The van der Waals surface area contributed by atoms with Gasteiger partial charge in [-0.2, -0.15) is 0 Å². The van der Waals surface area contributed by atoms with Crippen LogP contribution in [0, 0.1) is 17.3 Å². The van der Waals surface area contributed by atoms with Crippen molar-refractivity contribution < 1.29 is 0 Å². The molecule has 1 aliphatic carbocycles. The van der Waals surface area contributed by atoms with Crippen molar-refractivity contribution in [2.24, 2.45) is 23.0 Å². The Morgan fingerprint density at radius 2 is 1.75 bits per heavy atom. The molecular weight excluding hydrogens is 146 g/mol. The van der Waals surface area contributed by atoms with Gasteiger partial charge in [-0.15, -0.1) is 0 Å². The second-order valence-corrected chi connectivity index (χ2v) is 5.55. The Hall–Kier alpha value is -0.0400. The summed E-state index contributed by atoms with van der Waals surface area (Å²) in [5.41, 5.74) is 6.52. The van der Waals surface area contributed by atoms with E-state index >= 15 is 0 Å².